The second kappa shape index (κ2) is 12.0. The van der Waals surface area contributed by atoms with Crippen LogP contribution in [0.15, 0.2) is 52.1 Å². The van der Waals surface area contributed by atoms with E-state index in [-0.39, 0.29) is 24.1 Å². The summed E-state index contributed by atoms with van der Waals surface area (Å²) < 4.78 is 10.5. The van der Waals surface area contributed by atoms with Crippen LogP contribution in [0.2, 0.25) is 0 Å². The molecule has 1 atom stereocenters. The number of nitrogens with one attached hydrogen (secondary N) is 1. The molecular formula is C25H30N4O5S. The molecular weight excluding hydrogens is 468 g/mol. The van der Waals surface area contributed by atoms with Gasteiger partial charge >= 0.3 is 0 Å². The molecule has 3 amide bonds. The number of anilines is 1. The van der Waals surface area contributed by atoms with E-state index in [2.05, 4.69) is 15.2 Å². The Bertz CT molecular complexity index is 1050. The van der Waals surface area contributed by atoms with Gasteiger partial charge in [-0.15, -0.1) is 0 Å². The van der Waals surface area contributed by atoms with Gasteiger partial charge in [-0.2, -0.15) is 4.99 Å². The Labute approximate surface area is 208 Å². The number of benzene rings is 1. The number of piperidine rings is 1. The Kier molecular flexibility index (Phi) is 8.59. The number of methoxy groups -OCH3 is 1. The van der Waals surface area contributed by atoms with E-state index in [1.54, 1.807) is 48.6 Å². The zero-order valence-corrected chi connectivity index (χ0v) is 20.6. The van der Waals surface area contributed by atoms with Crippen LogP contribution in [-0.2, 0) is 20.9 Å². The van der Waals surface area contributed by atoms with Gasteiger partial charge in [0.2, 0.25) is 5.91 Å². The van der Waals surface area contributed by atoms with Gasteiger partial charge in [-0.05, 0) is 55.7 Å². The standard InChI is InChI=1S/C25H30N4O5S/c1-33-15-13-29(17-20-6-5-14-34-20)24(32)18-7-9-19(10-8-18)26-22(30)16-21-23(31)27-25(35-21)28-11-3-2-4-12-28/h5-10,14,21H,2-4,11-13,15-17H2,1H3,(H,26,30). The summed E-state index contributed by atoms with van der Waals surface area (Å²) in [5, 5.41) is 3.06. The smallest absolute Gasteiger partial charge is 0.262 e. The lowest BCUT2D eigenvalue weighted by molar-refractivity contribution is -0.121. The van der Waals surface area contributed by atoms with Crippen molar-refractivity contribution < 1.29 is 23.5 Å². The van der Waals surface area contributed by atoms with Crippen molar-refractivity contribution in [2.75, 3.05) is 38.7 Å². The maximum absolute atomic E-state index is 13.0. The summed E-state index contributed by atoms with van der Waals surface area (Å²) in [5.41, 5.74) is 1.06. The van der Waals surface area contributed by atoms with Crippen molar-refractivity contribution in [2.24, 2.45) is 4.99 Å². The Morgan fingerprint density at radius 2 is 1.97 bits per heavy atom. The van der Waals surface area contributed by atoms with Crippen molar-refractivity contribution >= 4 is 40.3 Å². The van der Waals surface area contributed by atoms with Crippen LogP contribution < -0.4 is 5.32 Å². The summed E-state index contributed by atoms with van der Waals surface area (Å²) in [6.45, 7) is 2.98. The molecule has 1 aromatic carbocycles. The molecule has 1 fully saturated rings. The van der Waals surface area contributed by atoms with Gasteiger partial charge in [-0.25, -0.2) is 0 Å². The van der Waals surface area contributed by atoms with Gasteiger partial charge < -0.3 is 24.3 Å². The molecule has 35 heavy (non-hydrogen) atoms. The zero-order valence-electron chi connectivity index (χ0n) is 19.8. The molecule has 186 valence electrons. The lowest BCUT2D eigenvalue weighted by Crippen LogP contribution is -2.33. The third kappa shape index (κ3) is 6.73. The van der Waals surface area contributed by atoms with Gasteiger partial charge in [0.05, 0.1) is 19.4 Å². The average molecular weight is 499 g/mol. The number of hydrogen-bond acceptors (Lipinski definition) is 7. The van der Waals surface area contributed by atoms with E-state index in [1.165, 1.54) is 18.2 Å². The number of likely N-dealkylation sites (tertiary alicyclic amines) is 1. The zero-order chi connectivity index (χ0) is 24.6. The fourth-order valence-electron chi connectivity index (χ4n) is 4.03. The highest BCUT2D eigenvalue weighted by molar-refractivity contribution is 8.15. The molecule has 1 saturated heterocycles. The Balaban J connectivity index is 1.30. The van der Waals surface area contributed by atoms with Crippen molar-refractivity contribution in [3.8, 4) is 0 Å². The number of thioether (sulfide) groups is 1. The third-order valence-electron chi connectivity index (χ3n) is 5.92. The highest BCUT2D eigenvalue weighted by Gasteiger charge is 2.33. The maximum atomic E-state index is 13.0. The van der Waals surface area contributed by atoms with Crippen LogP contribution in [0, 0.1) is 0 Å². The van der Waals surface area contributed by atoms with Gasteiger partial charge in [-0.3, -0.25) is 14.4 Å². The molecule has 2 aliphatic heterocycles. The molecule has 9 nitrogen and oxygen atoms in total. The van der Waals surface area contributed by atoms with Crippen LogP contribution >= 0.6 is 11.8 Å². The summed E-state index contributed by atoms with van der Waals surface area (Å²) in [6, 6.07) is 10.3. The first kappa shape index (κ1) is 25.0. The van der Waals surface area contributed by atoms with E-state index in [4.69, 9.17) is 9.15 Å². The largest absolute Gasteiger partial charge is 0.467 e. The van der Waals surface area contributed by atoms with Crippen molar-refractivity contribution in [2.45, 2.75) is 37.5 Å². The number of furan rings is 1. The molecule has 0 spiro atoms. The number of nitrogens with zero attached hydrogens (tertiary/aromatic N) is 3. The van der Waals surface area contributed by atoms with Gasteiger partial charge in [0, 0.05) is 44.4 Å². The van der Waals surface area contributed by atoms with E-state index < -0.39 is 5.25 Å². The second-order valence-corrected chi connectivity index (χ2v) is 9.69. The highest BCUT2D eigenvalue weighted by Crippen LogP contribution is 2.29. The average Bonchev–Trinajstić information content (AvgIpc) is 3.52. The molecule has 0 bridgehead atoms. The molecule has 10 heteroatoms. The van der Waals surface area contributed by atoms with E-state index in [0.717, 1.165) is 31.1 Å². The first-order chi connectivity index (χ1) is 17.0. The van der Waals surface area contributed by atoms with Gasteiger partial charge in [0.15, 0.2) is 5.17 Å². The number of amides is 3. The van der Waals surface area contributed by atoms with Crippen LogP contribution in [0.5, 0.6) is 0 Å². The minimum atomic E-state index is -0.497. The maximum Gasteiger partial charge on any atom is 0.262 e. The molecule has 1 aromatic heterocycles. The van der Waals surface area contributed by atoms with Crippen LogP contribution in [0.4, 0.5) is 5.69 Å². The predicted octanol–water partition coefficient (Wildman–Crippen LogP) is 3.38. The Morgan fingerprint density at radius 3 is 2.66 bits per heavy atom. The van der Waals surface area contributed by atoms with E-state index >= 15 is 0 Å². The van der Waals surface area contributed by atoms with Crippen LogP contribution in [0.25, 0.3) is 0 Å². The Morgan fingerprint density at radius 1 is 1.20 bits per heavy atom. The number of carbonyl (C=O) groups excluding carboxylic acids is 3. The normalized spacial score (nSPS) is 17.9. The molecule has 0 aliphatic carbocycles. The van der Waals surface area contributed by atoms with Gasteiger partial charge in [0.25, 0.3) is 11.8 Å². The first-order valence-corrected chi connectivity index (χ1v) is 12.7. The molecule has 2 aromatic rings. The monoisotopic (exact) mass is 498 g/mol. The molecule has 4 rings (SSSR count). The first-order valence-electron chi connectivity index (χ1n) is 11.8. The van der Waals surface area contributed by atoms with Gasteiger partial charge in [0.1, 0.15) is 11.0 Å². The fraction of sp³-hybridized carbons (Fsp3) is 0.440. The summed E-state index contributed by atoms with van der Waals surface area (Å²) in [4.78, 5) is 45.9. The second-order valence-electron chi connectivity index (χ2n) is 8.52. The summed E-state index contributed by atoms with van der Waals surface area (Å²) in [5.74, 6) is 0.0145. The van der Waals surface area contributed by atoms with Crippen molar-refractivity contribution in [1.82, 2.24) is 9.80 Å². The third-order valence-corrected chi connectivity index (χ3v) is 7.13. The quantitative estimate of drug-likeness (QED) is 0.565. The molecule has 1 unspecified atom stereocenters. The van der Waals surface area contributed by atoms with Crippen molar-refractivity contribution in [1.29, 1.82) is 0 Å². The molecule has 0 radical (unpaired) electrons. The summed E-state index contributed by atoms with van der Waals surface area (Å²) in [6.07, 6.45) is 5.03. The molecule has 2 aliphatic rings. The van der Waals surface area contributed by atoms with E-state index in [0.29, 0.717) is 36.7 Å². The number of amidine groups is 1. The molecule has 3 heterocycles. The highest BCUT2D eigenvalue weighted by atomic mass is 32.2. The number of aliphatic imine (C=N–C) groups is 1. The summed E-state index contributed by atoms with van der Waals surface area (Å²) >= 11 is 1.38. The predicted molar refractivity (Wildman–Crippen MR) is 134 cm³/mol. The lowest BCUT2D eigenvalue weighted by Gasteiger charge is -2.27. The van der Waals surface area contributed by atoms with E-state index in [1.807, 2.05) is 6.07 Å². The van der Waals surface area contributed by atoms with Crippen molar-refractivity contribution in [3.05, 3.63) is 54.0 Å². The lowest BCUT2D eigenvalue weighted by atomic mass is 10.1. The Hall–Kier alpha value is -3.11. The minimum Gasteiger partial charge on any atom is -0.467 e. The van der Waals surface area contributed by atoms with Crippen molar-refractivity contribution in [3.63, 3.8) is 0 Å². The fourth-order valence-corrected chi connectivity index (χ4v) is 5.15. The minimum absolute atomic E-state index is 0.0545. The number of ether oxygens (including phenoxy) is 1. The van der Waals surface area contributed by atoms with Gasteiger partial charge in [-0.1, -0.05) is 11.8 Å². The molecule has 0 saturated carbocycles. The number of carbonyl (C=O) groups is 3. The van der Waals surface area contributed by atoms with Crippen LogP contribution in [0.3, 0.4) is 0 Å². The van der Waals surface area contributed by atoms with Crippen LogP contribution in [-0.4, -0.2) is 71.3 Å². The summed E-state index contributed by atoms with van der Waals surface area (Å²) in [7, 11) is 1.59. The number of hydrogen-bond donors (Lipinski definition) is 1. The molecule has 1 N–H and O–H groups in total. The topological polar surface area (TPSA) is 104 Å². The number of rotatable bonds is 9. The van der Waals surface area contributed by atoms with Crippen LogP contribution in [0.1, 0.15) is 41.8 Å². The SMILES string of the molecule is COCCN(Cc1ccco1)C(=O)c1ccc(NC(=O)CC2SC(N3CCCCC3)=NC2=O)cc1. The van der Waals surface area contributed by atoms with E-state index in [9.17, 15) is 14.4 Å².